The van der Waals surface area contributed by atoms with Crippen LogP contribution >= 0.6 is 15.9 Å². The third kappa shape index (κ3) is 3.00. The van der Waals surface area contributed by atoms with Crippen LogP contribution in [0.3, 0.4) is 0 Å². The van der Waals surface area contributed by atoms with Crippen molar-refractivity contribution in [2.75, 3.05) is 5.32 Å². The van der Waals surface area contributed by atoms with Crippen molar-refractivity contribution >= 4 is 33.2 Å². The van der Waals surface area contributed by atoms with Gasteiger partial charge in [-0.05, 0) is 46.6 Å². The molecule has 6 nitrogen and oxygen atoms in total. The zero-order valence-corrected chi connectivity index (χ0v) is 12.0. The summed E-state index contributed by atoms with van der Waals surface area (Å²) >= 11 is 3.25. The molecule has 0 atom stereocenters. The second-order valence-electron chi connectivity index (χ2n) is 4.04. The second kappa shape index (κ2) is 5.79. The number of nitrogens with one attached hydrogen (secondary N) is 1. The Morgan fingerprint density at radius 2 is 2.15 bits per heavy atom. The molecule has 2 aromatic rings. The molecular formula is C13H10BrN3O3. The predicted octanol–water partition coefficient (Wildman–Crippen LogP) is 3.31. The highest BCUT2D eigenvalue weighted by atomic mass is 79.9. The van der Waals surface area contributed by atoms with Crippen molar-refractivity contribution in [2.45, 2.75) is 6.92 Å². The molecule has 1 heterocycles. The smallest absolute Gasteiger partial charge is 0.275 e. The summed E-state index contributed by atoms with van der Waals surface area (Å²) in [6, 6.07) is 7.67. The number of nitrogens with zero attached hydrogens (tertiary/aromatic N) is 2. The number of carbonyl (C=O) groups is 1. The first kappa shape index (κ1) is 14.1. The number of non-ortho nitro benzene ring substituents is 1. The molecule has 0 aliphatic heterocycles. The van der Waals surface area contributed by atoms with Gasteiger partial charge in [0.1, 0.15) is 5.69 Å². The zero-order chi connectivity index (χ0) is 14.7. The Bertz CT molecular complexity index is 688. The van der Waals surface area contributed by atoms with Gasteiger partial charge in [0.05, 0.1) is 4.92 Å². The Balaban J connectivity index is 2.25. The number of nitro benzene ring substituents is 1. The van der Waals surface area contributed by atoms with Gasteiger partial charge < -0.3 is 5.32 Å². The Morgan fingerprint density at radius 1 is 1.40 bits per heavy atom. The van der Waals surface area contributed by atoms with Gasteiger partial charge in [-0.15, -0.1) is 0 Å². The van der Waals surface area contributed by atoms with Gasteiger partial charge in [0.25, 0.3) is 11.6 Å². The van der Waals surface area contributed by atoms with Crippen LogP contribution < -0.4 is 5.32 Å². The zero-order valence-electron chi connectivity index (χ0n) is 10.5. The van der Waals surface area contributed by atoms with E-state index >= 15 is 0 Å². The molecular weight excluding hydrogens is 326 g/mol. The van der Waals surface area contributed by atoms with Gasteiger partial charge in [-0.25, -0.2) is 4.98 Å². The number of pyridine rings is 1. The van der Waals surface area contributed by atoms with Crippen molar-refractivity contribution in [3.8, 4) is 0 Å². The van der Waals surface area contributed by atoms with E-state index in [2.05, 4.69) is 26.2 Å². The topological polar surface area (TPSA) is 85.1 Å². The van der Waals surface area contributed by atoms with E-state index in [9.17, 15) is 14.9 Å². The highest BCUT2D eigenvalue weighted by molar-refractivity contribution is 9.10. The van der Waals surface area contributed by atoms with E-state index < -0.39 is 4.92 Å². The van der Waals surface area contributed by atoms with Crippen LogP contribution in [0.1, 0.15) is 16.1 Å². The molecule has 7 heteroatoms. The number of anilines is 1. The molecule has 1 aromatic carbocycles. The minimum atomic E-state index is -0.478. The van der Waals surface area contributed by atoms with E-state index in [1.54, 1.807) is 19.1 Å². The van der Waals surface area contributed by atoms with Crippen LogP contribution in [0.2, 0.25) is 0 Å². The summed E-state index contributed by atoms with van der Waals surface area (Å²) in [6.07, 6.45) is 1.52. The van der Waals surface area contributed by atoms with Crippen molar-refractivity contribution in [1.82, 2.24) is 4.98 Å². The largest absolute Gasteiger partial charge is 0.320 e. The Labute approximate surface area is 123 Å². The van der Waals surface area contributed by atoms with Gasteiger partial charge in [-0.1, -0.05) is 0 Å². The average Bonchev–Trinajstić information content (AvgIpc) is 2.41. The van der Waals surface area contributed by atoms with Gasteiger partial charge in [0.15, 0.2) is 0 Å². The third-order valence-corrected chi connectivity index (χ3v) is 3.28. The lowest BCUT2D eigenvalue weighted by atomic mass is 10.1. The molecule has 0 saturated carbocycles. The number of aromatic nitrogens is 1. The molecule has 0 unspecified atom stereocenters. The molecule has 20 heavy (non-hydrogen) atoms. The lowest BCUT2D eigenvalue weighted by molar-refractivity contribution is -0.384. The summed E-state index contributed by atoms with van der Waals surface area (Å²) in [4.78, 5) is 26.2. The van der Waals surface area contributed by atoms with E-state index in [0.717, 1.165) is 0 Å². The van der Waals surface area contributed by atoms with Crippen LogP contribution in [-0.2, 0) is 0 Å². The molecule has 0 bridgehead atoms. The summed E-state index contributed by atoms with van der Waals surface area (Å²) in [5.74, 6) is -0.380. The molecule has 0 saturated heterocycles. The molecule has 0 spiro atoms. The first-order valence-electron chi connectivity index (χ1n) is 5.66. The van der Waals surface area contributed by atoms with Crippen LogP contribution in [-0.4, -0.2) is 15.8 Å². The maximum absolute atomic E-state index is 12.1. The summed E-state index contributed by atoms with van der Waals surface area (Å²) in [5, 5.41) is 13.3. The van der Waals surface area contributed by atoms with Crippen molar-refractivity contribution in [3.05, 3.63) is 62.4 Å². The number of rotatable bonds is 3. The molecule has 1 aromatic heterocycles. The van der Waals surface area contributed by atoms with Crippen LogP contribution in [0, 0.1) is 17.0 Å². The van der Waals surface area contributed by atoms with Gasteiger partial charge in [0, 0.05) is 28.5 Å². The summed E-state index contributed by atoms with van der Waals surface area (Å²) in [5.41, 5.74) is 1.36. The fraction of sp³-hybridized carbons (Fsp3) is 0.0769. The lowest BCUT2D eigenvalue weighted by Crippen LogP contribution is -2.15. The van der Waals surface area contributed by atoms with E-state index in [1.807, 2.05) is 0 Å². The molecule has 0 fully saturated rings. The van der Waals surface area contributed by atoms with Crippen molar-refractivity contribution in [1.29, 1.82) is 0 Å². The summed E-state index contributed by atoms with van der Waals surface area (Å²) < 4.78 is 0.581. The van der Waals surface area contributed by atoms with Gasteiger partial charge in [0.2, 0.25) is 0 Å². The van der Waals surface area contributed by atoms with Gasteiger partial charge in [-0.2, -0.15) is 0 Å². The lowest BCUT2D eigenvalue weighted by Gasteiger charge is -2.08. The number of hydrogen-bond donors (Lipinski definition) is 1. The van der Waals surface area contributed by atoms with Crippen LogP contribution in [0.5, 0.6) is 0 Å². The molecule has 1 N–H and O–H groups in total. The first-order chi connectivity index (χ1) is 9.49. The molecule has 1 amide bonds. The number of nitro groups is 1. The quantitative estimate of drug-likeness (QED) is 0.688. The molecule has 0 radical (unpaired) electrons. The second-order valence-corrected chi connectivity index (χ2v) is 4.90. The van der Waals surface area contributed by atoms with Crippen molar-refractivity contribution in [3.63, 3.8) is 0 Å². The summed E-state index contributed by atoms with van der Waals surface area (Å²) in [7, 11) is 0. The fourth-order valence-electron chi connectivity index (χ4n) is 1.64. The van der Waals surface area contributed by atoms with Crippen LogP contribution in [0.15, 0.2) is 41.0 Å². The maximum atomic E-state index is 12.1. The molecule has 0 aliphatic carbocycles. The van der Waals surface area contributed by atoms with Crippen molar-refractivity contribution < 1.29 is 9.72 Å². The number of benzene rings is 1. The number of aryl methyl sites for hydroxylation is 1. The van der Waals surface area contributed by atoms with E-state index in [-0.39, 0.29) is 17.3 Å². The Kier molecular flexibility index (Phi) is 4.09. The van der Waals surface area contributed by atoms with Gasteiger partial charge >= 0.3 is 0 Å². The fourth-order valence-corrected chi connectivity index (χ4v) is 2.07. The monoisotopic (exact) mass is 335 g/mol. The average molecular weight is 336 g/mol. The van der Waals surface area contributed by atoms with Crippen molar-refractivity contribution in [2.24, 2.45) is 0 Å². The van der Waals surface area contributed by atoms with E-state index in [0.29, 0.717) is 15.7 Å². The highest BCUT2D eigenvalue weighted by Crippen LogP contribution is 2.22. The number of hydrogen-bond acceptors (Lipinski definition) is 4. The van der Waals surface area contributed by atoms with Crippen LogP contribution in [0.25, 0.3) is 0 Å². The first-order valence-corrected chi connectivity index (χ1v) is 6.45. The number of halogens is 1. The molecule has 102 valence electrons. The number of carbonyl (C=O) groups excluding carboxylic acids is 1. The van der Waals surface area contributed by atoms with Gasteiger partial charge in [-0.3, -0.25) is 14.9 Å². The maximum Gasteiger partial charge on any atom is 0.275 e. The summed E-state index contributed by atoms with van der Waals surface area (Å²) in [6.45, 7) is 1.69. The van der Waals surface area contributed by atoms with E-state index in [4.69, 9.17) is 0 Å². The van der Waals surface area contributed by atoms with E-state index in [1.165, 1.54) is 24.4 Å². The minimum absolute atomic E-state index is 0.0143. The predicted molar refractivity (Wildman–Crippen MR) is 77.7 cm³/mol. The van der Waals surface area contributed by atoms with Crippen LogP contribution in [0.4, 0.5) is 11.4 Å². The highest BCUT2D eigenvalue weighted by Gasteiger charge is 2.14. The Hall–Kier alpha value is -2.28. The normalized spacial score (nSPS) is 10.1. The minimum Gasteiger partial charge on any atom is -0.320 e. The standard InChI is InChI=1S/C13H10BrN3O3/c1-8-7-9(17(19)20)4-5-11(8)16-13(18)12-10(14)3-2-6-15-12/h2-7H,1H3,(H,16,18). The molecule has 2 rings (SSSR count). The molecule has 0 aliphatic rings. The number of amides is 1. The third-order valence-electron chi connectivity index (χ3n) is 2.64. The SMILES string of the molecule is Cc1cc([N+](=O)[O-])ccc1NC(=O)c1ncccc1Br. The Morgan fingerprint density at radius 3 is 2.75 bits per heavy atom.